The summed E-state index contributed by atoms with van der Waals surface area (Å²) < 4.78 is 15.6. The molecule has 0 fully saturated rings. The molecule has 1 amide bonds. The number of unbranched alkanes of at least 4 members (excludes halogenated alkanes) is 2. The lowest BCUT2D eigenvalue weighted by Gasteiger charge is -2.08. The summed E-state index contributed by atoms with van der Waals surface area (Å²) in [5.74, 6) is -0.787. The van der Waals surface area contributed by atoms with Crippen LogP contribution in [-0.2, 0) is 0 Å². The van der Waals surface area contributed by atoms with E-state index < -0.39 is 10.7 Å². The van der Waals surface area contributed by atoms with E-state index in [0.717, 1.165) is 19.3 Å². The highest BCUT2D eigenvalue weighted by Crippen LogP contribution is 2.25. The van der Waals surface area contributed by atoms with Crippen molar-refractivity contribution in [3.63, 3.8) is 0 Å². The molecule has 0 radical (unpaired) electrons. The highest BCUT2D eigenvalue weighted by atomic mass is 19.1. The van der Waals surface area contributed by atoms with Crippen LogP contribution in [-0.4, -0.2) is 27.2 Å². The first-order valence-electron chi connectivity index (χ1n) is 9.39. The van der Waals surface area contributed by atoms with Gasteiger partial charge in [0.2, 0.25) is 0 Å². The number of halogens is 1. The summed E-state index contributed by atoms with van der Waals surface area (Å²) >= 11 is 0. The van der Waals surface area contributed by atoms with E-state index in [2.05, 4.69) is 17.3 Å². The van der Waals surface area contributed by atoms with Crippen LogP contribution < -0.4 is 5.32 Å². The Morgan fingerprint density at radius 3 is 2.55 bits per heavy atom. The predicted octanol–water partition coefficient (Wildman–Crippen LogP) is 4.51. The normalized spacial score (nSPS) is 10.7. The Kier molecular flexibility index (Phi) is 6.33. The number of rotatable bonds is 8. The number of carbonyl (C=O) groups excluding carboxylic acids is 1. The number of nitro benzene ring substituents is 1. The lowest BCUT2D eigenvalue weighted by molar-refractivity contribution is -0.384. The molecule has 8 heteroatoms. The van der Waals surface area contributed by atoms with E-state index in [1.54, 1.807) is 18.2 Å². The zero-order valence-corrected chi connectivity index (χ0v) is 16.0. The van der Waals surface area contributed by atoms with Crippen molar-refractivity contribution >= 4 is 11.6 Å². The lowest BCUT2D eigenvalue weighted by Crippen LogP contribution is -2.26. The Labute approximate surface area is 167 Å². The van der Waals surface area contributed by atoms with Gasteiger partial charge in [0.1, 0.15) is 11.5 Å². The monoisotopic (exact) mass is 396 g/mol. The molecule has 0 aliphatic heterocycles. The number of hydrogen-bond donors (Lipinski definition) is 1. The average molecular weight is 396 g/mol. The van der Waals surface area contributed by atoms with Gasteiger partial charge in [0.05, 0.1) is 16.3 Å². The van der Waals surface area contributed by atoms with Gasteiger partial charge in [-0.15, -0.1) is 0 Å². The minimum Gasteiger partial charge on any atom is -0.351 e. The van der Waals surface area contributed by atoms with Gasteiger partial charge < -0.3 is 5.32 Å². The number of hydrogen-bond acceptors (Lipinski definition) is 4. The molecule has 0 saturated heterocycles. The number of carbonyl (C=O) groups is 1. The van der Waals surface area contributed by atoms with Crippen LogP contribution in [0.25, 0.3) is 16.9 Å². The largest absolute Gasteiger partial charge is 0.351 e. The summed E-state index contributed by atoms with van der Waals surface area (Å²) in [7, 11) is 0. The van der Waals surface area contributed by atoms with Crippen LogP contribution in [0.5, 0.6) is 0 Å². The van der Waals surface area contributed by atoms with Crippen LogP contribution >= 0.6 is 0 Å². The Morgan fingerprint density at radius 1 is 1.17 bits per heavy atom. The van der Waals surface area contributed by atoms with Crippen molar-refractivity contribution in [1.82, 2.24) is 15.1 Å². The van der Waals surface area contributed by atoms with Gasteiger partial charge in [0, 0.05) is 24.2 Å². The van der Waals surface area contributed by atoms with E-state index in [4.69, 9.17) is 0 Å². The molecule has 0 aliphatic rings. The van der Waals surface area contributed by atoms with Gasteiger partial charge in [0.25, 0.3) is 11.6 Å². The number of nitrogens with one attached hydrogen (secondary N) is 1. The number of amides is 1. The van der Waals surface area contributed by atoms with Gasteiger partial charge in [-0.05, 0) is 36.8 Å². The van der Waals surface area contributed by atoms with Crippen molar-refractivity contribution in [2.24, 2.45) is 0 Å². The Hall–Kier alpha value is -3.55. The van der Waals surface area contributed by atoms with Crippen LogP contribution in [0.1, 0.15) is 36.7 Å². The fraction of sp³-hybridized carbons (Fsp3) is 0.238. The van der Waals surface area contributed by atoms with Gasteiger partial charge >= 0.3 is 0 Å². The van der Waals surface area contributed by atoms with Gasteiger partial charge in [0.15, 0.2) is 0 Å². The first kappa shape index (κ1) is 20.2. The first-order chi connectivity index (χ1) is 14.0. The molecule has 0 bridgehead atoms. The molecule has 29 heavy (non-hydrogen) atoms. The summed E-state index contributed by atoms with van der Waals surface area (Å²) in [6.45, 7) is 2.60. The molecule has 3 aromatic rings. The quantitative estimate of drug-likeness (QED) is 0.345. The van der Waals surface area contributed by atoms with Crippen molar-refractivity contribution < 1.29 is 14.1 Å². The predicted molar refractivity (Wildman–Crippen MR) is 107 cm³/mol. The van der Waals surface area contributed by atoms with Crippen molar-refractivity contribution in [1.29, 1.82) is 0 Å². The first-order valence-corrected chi connectivity index (χ1v) is 9.39. The smallest absolute Gasteiger partial charge is 0.270 e. The van der Waals surface area contributed by atoms with Crippen LogP contribution in [0, 0.1) is 15.9 Å². The molecule has 0 unspecified atom stereocenters. The third-order valence-electron chi connectivity index (χ3n) is 4.46. The fourth-order valence-corrected chi connectivity index (χ4v) is 2.92. The second-order valence-corrected chi connectivity index (χ2v) is 6.54. The van der Waals surface area contributed by atoms with Crippen LogP contribution in [0.15, 0.2) is 54.6 Å². The van der Waals surface area contributed by atoms with E-state index >= 15 is 0 Å². The van der Waals surface area contributed by atoms with Crippen LogP contribution in [0.2, 0.25) is 0 Å². The summed E-state index contributed by atoms with van der Waals surface area (Å²) in [6.07, 6.45) is 2.89. The van der Waals surface area contributed by atoms with Crippen molar-refractivity contribution in [3.05, 3.63) is 76.2 Å². The van der Waals surface area contributed by atoms with Crippen molar-refractivity contribution in [2.45, 2.75) is 26.2 Å². The van der Waals surface area contributed by atoms with Gasteiger partial charge in [-0.3, -0.25) is 14.9 Å². The Bertz CT molecular complexity index is 1020. The summed E-state index contributed by atoms with van der Waals surface area (Å²) in [4.78, 5) is 23.1. The number of nitrogens with zero attached hydrogens (tertiary/aromatic N) is 3. The molecular formula is C21H21FN4O3. The molecule has 1 aromatic heterocycles. The van der Waals surface area contributed by atoms with Gasteiger partial charge in [-0.1, -0.05) is 31.9 Å². The second kappa shape index (κ2) is 9.09. The maximum Gasteiger partial charge on any atom is 0.270 e. The Balaban J connectivity index is 1.99. The third kappa shape index (κ3) is 4.66. The minimum atomic E-state index is -0.501. The molecule has 7 nitrogen and oxygen atoms in total. The summed E-state index contributed by atoms with van der Waals surface area (Å²) in [6, 6.07) is 13.4. The maximum absolute atomic E-state index is 14.2. The number of non-ortho nitro benzene ring substituents is 1. The van der Waals surface area contributed by atoms with Gasteiger partial charge in [-0.25, -0.2) is 9.07 Å². The molecule has 2 aromatic carbocycles. The summed E-state index contributed by atoms with van der Waals surface area (Å²) in [5, 5.41) is 18.1. The average Bonchev–Trinajstić information content (AvgIpc) is 3.17. The van der Waals surface area contributed by atoms with Crippen LogP contribution in [0.3, 0.4) is 0 Å². The molecule has 3 rings (SSSR count). The van der Waals surface area contributed by atoms with Crippen molar-refractivity contribution in [3.8, 4) is 16.9 Å². The zero-order valence-electron chi connectivity index (χ0n) is 16.0. The zero-order chi connectivity index (χ0) is 20.8. The minimum absolute atomic E-state index is 0.0687. The third-order valence-corrected chi connectivity index (χ3v) is 4.46. The molecule has 0 spiro atoms. The number of nitro groups is 1. The highest BCUT2D eigenvalue weighted by Gasteiger charge is 2.19. The lowest BCUT2D eigenvalue weighted by atomic mass is 10.1. The second-order valence-electron chi connectivity index (χ2n) is 6.54. The number of aromatic nitrogens is 2. The molecule has 1 heterocycles. The van der Waals surface area contributed by atoms with E-state index in [-0.39, 0.29) is 22.9 Å². The fourth-order valence-electron chi connectivity index (χ4n) is 2.92. The molecule has 0 aliphatic carbocycles. The van der Waals surface area contributed by atoms with Crippen molar-refractivity contribution in [2.75, 3.05) is 6.54 Å². The van der Waals surface area contributed by atoms with E-state index in [0.29, 0.717) is 17.9 Å². The van der Waals surface area contributed by atoms with Gasteiger partial charge in [-0.2, -0.15) is 5.10 Å². The topological polar surface area (TPSA) is 90.1 Å². The van der Waals surface area contributed by atoms with Crippen LogP contribution in [0.4, 0.5) is 10.1 Å². The molecular weight excluding hydrogens is 375 g/mol. The standard InChI is InChI=1S/C21H21FN4O3/c1-2-3-6-13-23-21(27)20-14-19(17-7-4-5-8-18(17)22)24-25(20)15-9-11-16(12-10-15)26(28)29/h4-5,7-12,14H,2-3,6,13H2,1H3,(H,23,27). The molecule has 0 atom stereocenters. The van der Waals surface area contributed by atoms with E-state index in [1.165, 1.54) is 41.1 Å². The molecule has 150 valence electrons. The highest BCUT2D eigenvalue weighted by molar-refractivity contribution is 5.94. The number of benzene rings is 2. The van der Waals surface area contributed by atoms with E-state index in [9.17, 15) is 19.3 Å². The SMILES string of the molecule is CCCCCNC(=O)c1cc(-c2ccccc2F)nn1-c1ccc([N+](=O)[O-])cc1. The van der Waals surface area contributed by atoms with E-state index in [1.807, 2.05) is 0 Å². The summed E-state index contributed by atoms with van der Waals surface area (Å²) in [5.41, 5.74) is 1.21. The molecule has 0 saturated carbocycles. The maximum atomic E-state index is 14.2. The molecule has 1 N–H and O–H groups in total. The Morgan fingerprint density at radius 2 is 1.90 bits per heavy atom.